The van der Waals surface area contributed by atoms with E-state index in [4.69, 9.17) is 0 Å². The summed E-state index contributed by atoms with van der Waals surface area (Å²) in [6.07, 6.45) is 5.65. The van der Waals surface area contributed by atoms with Gasteiger partial charge >= 0.3 is 0 Å². The molecule has 1 atom stereocenters. The minimum Gasteiger partial charge on any atom is -0.346 e. The van der Waals surface area contributed by atoms with Crippen LogP contribution in [0.15, 0.2) is 48.8 Å². The predicted molar refractivity (Wildman–Crippen MR) is 127 cm³/mol. The second-order valence-electron chi connectivity index (χ2n) is 9.77. The van der Waals surface area contributed by atoms with Crippen LogP contribution in [0.1, 0.15) is 67.9 Å². The van der Waals surface area contributed by atoms with Gasteiger partial charge in [0.1, 0.15) is 11.7 Å². The van der Waals surface area contributed by atoms with Crippen LogP contribution in [0.5, 0.6) is 0 Å². The van der Waals surface area contributed by atoms with E-state index in [2.05, 4.69) is 42.1 Å². The summed E-state index contributed by atoms with van der Waals surface area (Å²) in [6.45, 7) is 9.57. The average Bonchev–Trinajstić information content (AvgIpc) is 3.22. The second-order valence-corrected chi connectivity index (χ2v) is 9.77. The predicted octanol–water partition coefficient (Wildman–Crippen LogP) is 4.38. The molecule has 1 unspecified atom stereocenters. The summed E-state index contributed by atoms with van der Waals surface area (Å²) < 4.78 is 0. The molecule has 6 heteroatoms. The molecule has 4 rings (SSSR count). The summed E-state index contributed by atoms with van der Waals surface area (Å²) in [4.78, 5) is 35.1. The summed E-state index contributed by atoms with van der Waals surface area (Å²) in [5.41, 5.74) is 3.97. The largest absolute Gasteiger partial charge is 0.346 e. The smallest absolute Gasteiger partial charge is 0.251 e. The lowest BCUT2D eigenvalue weighted by atomic mass is 9.86. The van der Waals surface area contributed by atoms with Gasteiger partial charge in [0.15, 0.2) is 0 Å². The zero-order valence-electron chi connectivity index (χ0n) is 19.3. The first kappa shape index (κ1) is 22.1. The van der Waals surface area contributed by atoms with Crippen LogP contribution in [0.2, 0.25) is 0 Å². The molecule has 1 fully saturated rings. The molecule has 3 heterocycles. The lowest BCUT2D eigenvalue weighted by molar-refractivity contribution is -0.133. The molecule has 1 aliphatic rings. The van der Waals surface area contributed by atoms with Gasteiger partial charge in [0.25, 0.3) is 5.91 Å². The zero-order chi connectivity index (χ0) is 22.9. The normalized spacial score (nSPS) is 16.2. The minimum absolute atomic E-state index is 0.0243. The van der Waals surface area contributed by atoms with Crippen LogP contribution in [0.3, 0.4) is 0 Å². The fourth-order valence-corrected chi connectivity index (χ4v) is 4.46. The van der Waals surface area contributed by atoms with E-state index in [1.165, 1.54) is 11.1 Å². The molecule has 1 saturated heterocycles. The Bertz CT molecular complexity index is 1100. The van der Waals surface area contributed by atoms with Crippen LogP contribution < -0.4 is 5.32 Å². The number of rotatable bonds is 4. The van der Waals surface area contributed by atoms with Crippen molar-refractivity contribution in [3.8, 4) is 0 Å². The monoisotopic (exact) mass is 432 g/mol. The van der Waals surface area contributed by atoms with E-state index in [9.17, 15) is 9.59 Å². The molecular weight excluding hydrogens is 400 g/mol. The van der Waals surface area contributed by atoms with Crippen molar-refractivity contribution in [2.24, 2.45) is 0 Å². The number of hydrogen-bond acceptors (Lipinski definition) is 3. The number of H-pyrrole nitrogens is 1. The SMILES string of the molecule is CC(NC(=O)c1ccc(C(C)(C)C)cc1)C(=O)N1CCC(c2c[nH]c3ncccc23)CC1. The Hall–Kier alpha value is -3.15. The van der Waals surface area contributed by atoms with E-state index < -0.39 is 6.04 Å². The quantitative estimate of drug-likeness (QED) is 0.642. The van der Waals surface area contributed by atoms with Crippen molar-refractivity contribution < 1.29 is 9.59 Å². The van der Waals surface area contributed by atoms with E-state index in [0.29, 0.717) is 24.6 Å². The highest BCUT2D eigenvalue weighted by Crippen LogP contribution is 2.32. The van der Waals surface area contributed by atoms with Crippen LogP contribution in [-0.2, 0) is 10.2 Å². The maximum absolute atomic E-state index is 13.0. The molecule has 0 spiro atoms. The Morgan fingerprint density at radius 2 is 1.81 bits per heavy atom. The van der Waals surface area contributed by atoms with Crippen LogP contribution in [-0.4, -0.2) is 45.8 Å². The molecule has 0 saturated carbocycles. The van der Waals surface area contributed by atoms with Gasteiger partial charge in [-0.15, -0.1) is 0 Å². The van der Waals surface area contributed by atoms with E-state index in [-0.39, 0.29) is 17.2 Å². The number of pyridine rings is 1. The van der Waals surface area contributed by atoms with Crippen molar-refractivity contribution in [3.63, 3.8) is 0 Å². The third kappa shape index (κ3) is 4.54. The first-order valence-electron chi connectivity index (χ1n) is 11.4. The standard InChI is InChI=1S/C26H32N4O2/c1-17(29-24(31)19-7-9-20(10-8-19)26(2,3)4)25(32)30-14-11-18(12-15-30)22-16-28-23-21(22)6-5-13-27-23/h5-10,13,16-18H,11-12,14-15H2,1-4H3,(H,27,28)(H,29,31). The number of fused-ring (bicyclic) bond motifs is 1. The third-order valence-electron chi connectivity index (χ3n) is 6.46. The first-order chi connectivity index (χ1) is 15.2. The number of nitrogens with one attached hydrogen (secondary N) is 2. The van der Waals surface area contributed by atoms with Crippen molar-refractivity contribution in [2.75, 3.05) is 13.1 Å². The zero-order valence-corrected chi connectivity index (χ0v) is 19.3. The Labute approximate surface area is 189 Å². The van der Waals surface area contributed by atoms with Gasteiger partial charge in [-0.1, -0.05) is 32.9 Å². The highest BCUT2D eigenvalue weighted by molar-refractivity contribution is 5.97. The topological polar surface area (TPSA) is 78.1 Å². The number of nitrogens with zero attached hydrogens (tertiary/aromatic N) is 2. The van der Waals surface area contributed by atoms with Gasteiger partial charge in [-0.2, -0.15) is 0 Å². The molecular formula is C26H32N4O2. The second kappa shape index (κ2) is 8.77. The van der Waals surface area contributed by atoms with Crippen molar-refractivity contribution in [1.82, 2.24) is 20.2 Å². The van der Waals surface area contributed by atoms with Crippen LogP contribution in [0.4, 0.5) is 0 Å². The maximum Gasteiger partial charge on any atom is 0.251 e. The fraction of sp³-hybridized carbons (Fsp3) is 0.423. The van der Waals surface area contributed by atoms with Gasteiger partial charge in [0, 0.05) is 36.4 Å². The number of carbonyl (C=O) groups excluding carboxylic acids is 2. The first-order valence-corrected chi connectivity index (χ1v) is 11.4. The van der Waals surface area contributed by atoms with E-state index in [1.807, 2.05) is 41.4 Å². The third-order valence-corrected chi connectivity index (χ3v) is 6.46. The lowest BCUT2D eigenvalue weighted by Gasteiger charge is -2.33. The number of benzene rings is 1. The average molecular weight is 433 g/mol. The number of likely N-dealkylation sites (tertiary alicyclic amines) is 1. The van der Waals surface area contributed by atoms with Gasteiger partial charge in [-0.05, 0) is 66.5 Å². The van der Waals surface area contributed by atoms with Crippen molar-refractivity contribution >= 4 is 22.8 Å². The minimum atomic E-state index is -0.557. The molecule has 3 aromatic rings. The summed E-state index contributed by atoms with van der Waals surface area (Å²) in [5, 5.41) is 4.03. The molecule has 0 aliphatic carbocycles. The van der Waals surface area contributed by atoms with Gasteiger partial charge in [-0.25, -0.2) is 4.98 Å². The Kier molecular flexibility index (Phi) is 6.04. The number of carbonyl (C=O) groups is 2. The van der Waals surface area contributed by atoms with E-state index in [0.717, 1.165) is 23.9 Å². The fourth-order valence-electron chi connectivity index (χ4n) is 4.46. The number of hydrogen-bond donors (Lipinski definition) is 2. The molecule has 0 radical (unpaired) electrons. The molecule has 0 bridgehead atoms. The molecule has 2 aromatic heterocycles. The van der Waals surface area contributed by atoms with Crippen molar-refractivity contribution in [1.29, 1.82) is 0 Å². The molecule has 1 aliphatic heterocycles. The van der Waals surface area contributed by atoms with Crippen LogP contribution in [0, 0.1) is 0 Å². The Morgan fingerprint density at radius 3 is 2.47 bits per heavy atom. The Morgan fingerprint density at radius 1 is 1.12 bits per heavy atom. The van der Waals surface area contributed by atoms with Crippen molar-refractivity contribution in [2.45, 2.75) is 57.9 Å². The molecule has 168 valence electrons. The number of amides is 2. The molecule has 2 amide bonds. The number of aromatic amines is 1. The van der Waals surface area contributed by atoms with Crippen LogP contribution >= 0.6 is 0 Å². The molecule has 1 aromatic carbocycles. The van der Waals surface area contributed by atoms with E-state index in [1.54, 1.807) is 13.1 Å². The maximum atomic E-state index is 13.0. The highest BCUT2D eigenvalue weighted by atomic mass is 16.2. The summed E-state index contributed by atoms with van der Waals surface area (Å²) >= 11 is 0. The number of piperidine rings is 1. The Balaban J connectivity index is 1.33. The molecule has 6 nitrogen and oxygen atoms in total. The number of aromatic nitrogens is 2. The highest BCUT2D eigenvalue weighted by Gasteiger charge is 2.28. The summed E-state index contributed by atoms with van der Waals surface area (Å²) in [6, 6.07) is 11.1. The van der Waals surface area contributed by atoms with Gasteiger partial charge < -0.3 is 15.2 Å². The van der Waals surface area contributed by atoms with Gasteiger partial charge in [0.2, 0.25) is 5.91 Å². The summed E-state index contributed by atoms with van der Waals surface area (Å²) in [5.74, 6) is 0.166. The van der Waals surface area contributed by atoms with Gasteiger partial charge in [0.05, 0.1) is 0 Å². The van der Waals surface area contributed by atoms with E-state index >= 15 is 0 Å². The lowest BCUT2D eigenvalue weighted by Crippen LogP contribution is -2.49. The molecule has 2 N–H and O–H groups in total. The molecule has 32 heavy (non-hydrogen) atoms. The van der Waals surface area contributed by atoms with Crippen LogP contribution in [0.25, 0.3) is 11.0 Å². The van der Waals surface area contributed by atoms with Gasteiger partial charge in [-0.3, -0.25) is 9.59 Å². The van der Waals surface area contributed by atoms with Crippen molar-refractivity contribution in [3.05, 3.63) is 65.5 Å². The summed E-state index contributed by atoms with van der Waals surface area (Å²) in [7, 11) is 0.